The molecule has 31 heavy (non-hydrogen) atoms. The first kappa shape index (κ1) is 21.0. The summed E-state index contributed by atoms with van der Waals surface area (Å²) in [4.78, 5) is 16.8. The number of halogens is 2. The lowest BCUT2D eigenvalue weighted by atomic mass is 10.2. The summed E-state index contributed by atoms with van der Waals surface area (Å²) in [7, 11) is 0. The molecule has 0 aliphatic heterocycles. The fourth-order valence-corrected chi connectivity index (χ4v) is 4.19. The van der Waals surface area contributed by atoms with Gasteiger partial charge in [-0.1, -0.05) is 41.6 Å². The van der Waals surface area contributed by atoms with E-state index in [1.54, 1.807) is 28.9 Å². The number of nitrogens with one attached hydrogen (secondary N) is 1. The topological polar surface area (TPSA) is 64.7 Å². The Hall–Kier alpha value is -3.20. The summed E-state index contributed by atoms with van der Waals surface area (Å²) in [5, 5.41) is 7.50. The second-order valence-electron chi connectivity index (χ2n) is 7.16. The van der Waals surface area contributed by atoms with Crippen LogP contribution in [0.4, 0.5) is 14.5 Å². The van der Waals surface area contributed by atoms with Gasteiger partial charge in [-0.15, -0.1) is 0 Å². The number of aryl methyl sites for hydroxylation is 2. The molecule has 4 aromatic rings. The van der Waals surface area contributed by atoms with Gasteiger partial charge in [0.05, 0.1) is 39.5 Å². The Morgan fingerprint density at radius 1 is 1.10 bits per heavy atom. The predicted molar refractivity (Wildman–Crippen MR) is 118 cm³/mol. The van der Waals surface area contributed by atoms with Crippen LogP contribution >= 0.6 is 11.8 Å². The third kappa shape index (κ3) is 4.18. The molecule has 0 radical (unpaired) electrons. The zero-order valence-corrected chi connectivity index (χ0v) is 18.1. The largest absolute Gasteiger partial charge is 0.322 e. The predicted octanol–water partition coefficient (Wildman–Crippen LogP) is 5.27. The van der Waals surface area contributed by atoms with Crippen LogP contribution in [0.25, 0.3) is 16.7 Å². The van der Waals surface area contributed by atoms with E-state index < -0.39 is 6.55 Å². The number of hydrogen-bond acceptors (Lipinski definition) is 4. The molecular formula is C22H21F2N5OS. The van der Waals surface area contributed by atoms with E-state index in [-0.39, 0.29) is 16.8 Å². The van der Waals surface area contributed by atoms with Crippen LogP contribution < -0.4 is 5.32 Å². The van der Waals surface area contributed by atoms with E-state index in [2.05, 4.69) is 15.4 Å². The maximum absolute atomic E-state index is 13.6. The van der Waals surface area contributed by atoms with Crippen molar-refractivity contribution < 1.29 is 13.6 Å². The molecule has 0 atom stereocenters. The molecule has 0 unspecified atom stereocenters. The number of thioether (sulfide) groups is 1. The van der Waals surface area contributed by atoms with Crippen LogP contribution in [0, 0.1) is 20.8 Å². The van der Waals surface area contributed by atoms with Gasteiger partial charge in [0.2, 0.25) is 5.91 Å². The molecular weight excluding hydrogens is 420 g/mol. The minimum Gasteiger partial charge on any atom is -0.322 e. The van der Waals surface area contributed by atoms with E-state index in [9.17, 15) is 13.6 Å². The minimum atomic E-state index is -2.74. The first-order valence-electron chi connectivity index (χ1n) is 9.66. The number of hydrogen-bond donors (Lipinski definition) is 1. The molecule has 4 rings (SSSR count). The van der Waals surface area contributed by atoms with Crippen LogP contribution in [0.5, 0.6) is 0 Å². The Kier molecular flexibility index (Phi) is 5.77. The third-order valence-electron chi connectivity index (χ3n) is 4.93. The summed E-state index contributed by atoms with van der Waals surface area (Å²) in [6, 6.07) is 14.6. The number of anilines is 1. The lowest BCUT2D eigenvalue weighted by molar-refractivity contribution is -0.113. The van der Waals surface area contributed by atoms with Crippen molar-refractivity contribution in [2.24, 2.45) is 0 Å². The third-order valence-corrected chi connectivity index (χ3v) is 5.88. The second-order valence-corrected chi connectivity index (χ2v) is 8.10. The number of para-hydroxylation sites is 2. The molecule has 0 spiro atoms. The van der Waals surface area contributed by atoms with E-state index in [1.807, 2.05) is 45.0 Å². The molecule has 0 saturated heterocycles. The van der Waals surface area contributed by atoms with E-state index in [1.165, 1.54) is 0 Å². The maximum Gasteiger partial charge on any atom is 0.321 e. The molecule has 0 saturated carbocycles. The number of rotatable bonds is 6. The number of fused-ring (bicyclic) bond motifs is 1. The highest BCUT2D eigenvalue weighted by Crippen LogP contribution is 2.29. The van der Waals surface area contributed by atoms with Crippen LogP contribution in [0.15, 0.2) is 53.7 Å². The SMILES string of the molecule is Cc1ccc(-n2nc(C)c(NC(=O)CSc3nc4ccccc4n3C(F)F)c2C)cc1. The van der Waals surface area contributed by atoms with Gasteiger partial charge < -0.3 is 5.32 Å². The summed E-state index contributed by atoms with van der Waals surface area (Å²) in [5.41, 5.74) is 4.94. The molecule has 0 aliphatic carbocycles. The van der Waals surface area contributed by atoms with Crippen molar-refractivity contribution in [2.75, 3.05) is 11.1 Å². The fraction of sp³-hybridized carbons (Fsp3) is 0.227. The van der Waals surface area contributed by atoms with Gasteiger partial charge in [-0.05, 0) is 45.0 Å². The molecule has 1 amide bonds. The average molecular weight is 442 g/mol. The Bertz CT molecular complexity index is 1250. The van der Waals surface area contributed by atoms with Gasteiger partial charge in [-0.2, -0.15) is 13.9 Å². The summed E-state index contributed by atoms with van der Waals surface area (Å²) < 4.78 is 29.7. The van der Waals surface area contributed by atoms with Crippen molar-refractivity contribution in [2.45, 2.75) is 32.5 Å². The van der Waals surface area contributed by atoms with Crippen molar-refractivity contribution in [3.8, 4) is 5.69 Å². The monoisotopic (exact) mass is 441 g/mol. The number of carbonyl (C=O) groups is 1. The van der Waals surface area contributed by atoms with E-state index in [4.69, 9.17) is 0 Å². The lowest BCUT2D eigenvalue weighted by Crippen LogP contribution is -2.16. The van der Waals surface area contributed by atoms with Gasteiger partial charge in [0, 0.05) is 0 Å². The highest BCUT2D eigenvalue weighted by molar-refractivity contribution is 7.99. The molecule has 0 fully saturated rings. The highest BCUT2D eigenvalue weighted by Gasteiger charge is 2.20. The first-order chi connectivity index (χ1) is 14.8. The van der Waals surface area contributed by atoms with Gasteiger partial charge in [-0.25, -0.2) is 9.67 Å². The number of amides is 1. The van der Waals surface area contributed by atoms with Crippen molar-refractivity contribution >= 4 is 34.4 Å². The standard InChI is InChI=1S/C22H21F2N5OS/c1-13-8-10-16(11-9-13)29-15(3)20(14(2)27-29)26-19(30)12-31-22-25-17-6-4-5-7-18(17)28(22)21(23)24/h4-11,21H,12H2,1-3H3,(H,26,30). The van der Waals surface area contributed by atoms with Crippen molar-refractivity contribution in [3.63, 3.8) is 0 Å². The number of imidazole rings is 1. The van der Waals surface area contributed by atoms with Crippen molar-refractivity contribution in [1.82, 2.24) is 19.3 Å². The number of benzene rings is 2. The van der Waals surface area contributed by atoms with Crippen LogP contribution in [0.2, 0.25) is 0 Å². The molecule has 6 nitrogen and oxygen atoms in total. The number of alkyl halides is 2. The van der Waals surface area contributed by atoms with E-state index in [0.717, 1.165) is 33.3 Å². The Morgan fingerprint density at radius 3 is 2.52 bits per heavy atom. The van der Waals surface area contributed by atoms with Crippen molar-refractivity contribution in [1.29, 1.82) is 0 Å². The summed E-state index contributed by atoms with van der Waals surface area (Å²) in [5.74, 6) is -0.363. The van der Waals surface area contributed by atoms with Gasteiger partial charge in [0.15, 0.2) is 5.16 Å². The summed E-state index contributed by atoms with van der Waals surface area (Å²) >= 11 is 0.978. The molecule has 160 valence electrons. The molecule has 1 N–H and O–H groups in total. The normalized spacial score (nSPS) is 11.4. The minimum absolute atomic E-state index is 0.0510. The lowest BCUT2D eigenvalue weighted by Gasteiger charge is -2.09. The zero-order valence-electron chi connectivity index (χ0n) is 17.3. The van der Waals surface area contributed by atoms with Crippen LogP contribution in [0.1, 0.15) is 23.5 Å². The summed E-state index contributed by atoms with van der Waals surface area (Å²) in [6.45, 7) is 2.96. The van der Waals surface area contributed by atoms with E-state index >= 15 is 0 Å². The van der Waals surface area contributed by atoms with Crippen LogP contribution in [-0.4, -0.2) is 31.0 Å². The second kappa shape index (κ2) is 8.50. The van der Waals surface area contributed by atoms with Crippen LogP contribution in [-0.2, 0) is 4.79 Å². The Labute approximate surface area is 182 Å². The maximum atomic E-state index is 13.6. The Morgan fingerprint density at radius 2 is 1.81 bits per heavy atom. The molecule has 2 aromatic heterocycles. The number of aromatic nitrogens is 4. The smallest absolute Gasteiger partial charge is 0.321 e. The Balaban J connectivity index is 1.51. The highest BCUT2D eigenvalue weighted by atomic mass is 32.2. The van der Waals surface area contributed by atoms with Gasteiger partial charge in [-0.3, -0.25) is 9.36 Å². The van der Waals surface area contributed by atoms with E-state index in [0.29, 0.717) is 22.4 Å². The first-order valence-corrected chi connectivity index (χ1v) is 10.6. The molecule has 0 bridgehead atoms. The molecule has 2 aromatic carbocycles. The van der Waals surface area contributed by atoms with Gasteiger partial charge in [0.25, 0.3) is 0 Å². The fourth-order valence-electron chi connectivity index (χ4n) is 3.38. The number of carbonyl (C=O) groups excluding carboxylic acids is 1. The molecule has 9 heteroatoms. The van der Waals surface area contributed by atoms with Gasteiger partial charge in [0.1, 0.15) is 0 Å². The average Bonchev–Trinajstić information content (AvgIpc) is 3.25. The molecule has 2 heterocycles. The zero-order chi connectivity index (χ0) is 22.1. The quantitative estimate of drug-likeness (QED) is 0.414. The summed E-state index contributed by atoms with van der Waals surface area (Å²) in [6.07, 6.45) is 0. The molecule has 0 aliphatic rings. The van der Waals surface area contributed by atoms with Gasteiger partial charge >= 0.3 is 6.55 Å². The van der Waals surface area contributed by atoms with Crippen LogP contribution in [0.3, 0.4) is 0 Å². The van der Waals surface area contributed by atoms with Crippen molar-refractivity contribution in [3.05, 3.63) is 65.5 Å². The number of nitrogens with zero attached hydrogens (tertiary/aromatic N) is 4.